The summed E-state index contributed by atoms with van der Waals surface area (Å²) in [6.07, 6.45) is 6.11. The summed E-state index contributed by atoms with van der Waals surface area (Å²) in [5.41, 5.74) is 8.23. The molecule has 0 saturated carbocycles. The Bertz CT molecular complexity index is 571. The number of amidine groups is 1. The first kappa shape index (κ1) is 14.0. The highest BCUT2D eigenvalue weighted by molar-refractivity contribution is 5.96. The molecular weight excluding hydrogens is 254 g/mol. The zero-order valence-electron chi connectivity index (χ0n) is 11.0. The summed E-state index contributed by atoms with van der Waals surface area (Å²) in [4.78, 5) is 8.10. The molecule has 0 aliphatic carbocycles. The third-order valence-electron chi connectivity index (χ3n) is 2.90. The average Bonchev–Trinajstić information content (AvgIpc) is 2.52. The minimum absolute atomic E-state index is 0.0246. The molecule has 2 aromatic heterocycles. The van der Waals surface area contributed by atoms with E-state index in [9.17, 15) is 0 Å². The molecule has 20 heavy (non-hydrogen) atoms. The molecule has 0 atom stereocenters. The first-order valence-corrected chi connectivity index (χ1v) is 6.32. The van der Waals surface area contributed by atoms with E-state index in [1.54, 1.807) is 18.6 Å². The highest BCUT2D eigenvalue weighted by Crippen LogP contribution is 2.05. The fourth-order valence-electron chi connectivity index (χ4n) is 1.86. The summed E-state index contributed by atoms with van der Waals surface area (Å²) in [6.45, 7) is 1.44. The number of oxime groups is 1. The van der Waals surface area contributed by atoms with Gasteiger partial charge in [-0.05, 0) is 42.3 Å². The molecule has 0 aliphatic heterocycles. The third kappa shape index (κ3) is 3.76. The molecule has 2 aromatic rings. The summed E-state index contributed by atoms with van der Waals surface area (Å²) >= 11 is 0. The van der Waals surface area contributed by atoms with E-state index in [1.807, 2.05) is 24.3 Å². The van der Waals surface area contributed by atoms with Gasteiger partial charge in [-0.3, -0.25) is 9.97 Å². The van der Waals surface area contributed by atoms with Crippen LogP contribution in [0, 0.1) is 0 Å². The molecule has 0 bridgehead atoms. The second-order valence-corrected chi connectivity index (χ2v) is 4.28. The summed E-state index contributed by atoms with van der Waals surface area (Å²) < 4.78 is 0. The van der Waals surface area contributed by atoms with Gasteiger partial charge in [0, 0.05) is 25.1 Å². The molecule has 0 fully saturated rings. The molecule has 0 saturated heterocycles. The lowest BCUT2D eigenvalue weighted by Crippen LogP contribution is -2.22. The molecule has 104 valence electrons. The molecule has 6 heteroatoms. The van der Waals surface area contributed by atoms with Crippen LogP contribution in [0.5, 0.6) is 0 Å². The van der Waals surface area contributed by atoms with E-state index in [0.29, 0.717) is 12.2 Å². The third-order valence-corrected chi connectivity index (χ3v) is 2.90. The van der Waals surface area contributed by atoms with Crippen LogP contribution in [0.2, 0.25) is 0 Å². The Morgan fingerprint density at radius 2 is 2.05 bits per heavy atom. The summed E-state index contributed by atoms with van der Waals surface area (Å²) in [6, 6.07) is 7.72. The van der Waals surface area contributed by atoms with E-state index in [4.69, 9.17) is 10.9 Å². The Morgan fingerprint density at radius 1 is 1.25 bits per heavy atom. The van der Waals surface area contributed by atoms with Crippen LogP contribution >= 0.6 is 0 Å². The number of aromatic nitrogens is 2. The molecule has 2 heterocycles. The average molecular weight is 271 g/mol. The van der Waals surface area contributed by atoms with Crippen LogP contribution in [0.25, 0.3) is 0 Å². The van der Waals surface area contributed by atoms with Gasteiger partial charge < -0.3 is 16.3 Å². The van der Waals surface area contributed by atoms with Crippen molar-refractivity contribution in [1.82, 2.24) is 15.3 Å². The van der Waals surface area contributed by atoms with Crippen molar-refractivity contribution in [2.75, 3.05) is 6.54 Å². The van der Waals surface area contributed by atoms with Gasteiger partial charge >= 0.3 is 0 Å². The standard InChI is InChI=1S/C14H17N5O/c15-14(19-20)13-12(2-1-6-18-13)10-17-9-5-11-3-7-16-8-4-11/h1-4,6-8,17,20H,5,9-10H2,(H2,15,19). The predicted octanol–water partition coefficient (Wildman–Crippen LogP) is 0.903. The van der Waals surface area contributed by atoms with Crippen molar-refractivity contribution in [1.29, 1.82) is 0 Å². The van der Waals surface area contributed by atoms with Crippen molar-refractivity contribution in [3.05, 3.63) is 59.7 Å². The number of nitrogens with two attached hydrogens (primary N) is 1. The fraction of sp³-hybridized carbons (Fsp3) is 0.214. The monoisotopic (exact) mass is 271 g/mol. The van der Waals surface area contributed by atoms with Gasteiger partial charge in [0.2, 0.25) is 0 Å². The second-order valence-electron chi connectivity index (χ2n) is 4.28. The maximum atomic E-state index is 8.73. The lowest BCUT2D eigenvalue weighted by Gasteiger charge is -2.08. The molecule has 0 amide bonds. The van der Waals surface area contributed by atoms with Crippen molar-refractivity contribution < 1.29 is 5.21 Å². The normalized spacial score (nSPS) is 11.5. The van der Waals surface area contributed by atoms with Crippen molar-refractivity contribution in [3.8, 4) is 0 Å². The van der Waals surface area contributed by atoms with Gasteiger partial charge in [-0.15, -0.1) is 0 Å². The fourth-order valence-corrected chi connectivity index (χ4v) is 1.86. The van der Waals surface area contributed by atoms with Crippen LogP contribution in [0.3, 0.4) is 0 Å². The zero-order chi connectivity index (χ0) is 14.2. The molecule has 0 aromatic carbocycles. The summed E-state index contributed by atoms with van der Waals surface area (Å²) in [5.74, 6) is 0.0246. The lowest BCUT2D eigenvalue weighted by molar-refractivity contribution is 0.318. The quantitative estimate of drug-likeness (QED) is 0.238. The van der Waals surface area contributed by atoms with Gasteiger partial charge in [0.05, 0.1) is 0 Å². The van der Waals surface area contributed by atoms with Crippen LogP contribution in [-0.4, -0.2) is 27.6 Å². The number of hydrogen-bond donors (Lipinski definition) is 3. The van der Waals surface area contributed by atoms with E-state index >= 15 is 0 Å². The van der Waals surface area contributed by atoms with E-state index in [-0.39, 0.29) is 5.84 Å². The maximum Gasteiger partial charge on any atom is 0.189 e. The van der Waals surface area contributed by atoms with Gasteiger partial charge in [-0.2, -0.15) is 0 Å². The van der Waals surface area contributed by atoms with Crippen molar-refractivity contribution in [3.63, 3.8) is 0 Å². The van der Waals surface area contributed by atoms with Gasteiger partial charge in [0.25, 0.3) is 0 Å². The van der Waals surface area contributed by atoms with E-state index < -0.39 is 0 Å². The topological polar surface area (TPSA) is 96.4 Å². The number of nitrogens with one attached hydrogen (secondary N) is 1. The van der Waals surface area contributed by atoms with Crippen LogP contribution in [-0.2, 0) is 13.0 Å². The summed E-state index contributed by atoms with van der Waals surface area (Å²) in [7, 11) is 0. The van der Waals surface area contributed by atoms with Gasteiger partial charge in [0.15, 0.2) is 5.84 Å². The molecule has 6 nitrogen and oxygen atoms in total. The van der Waals surface area contributed by atoms with E-state index in [2.05, 4.69) is 20.4 Å². The highest BCUT2D eigenvalue weighted by atomic mass is 16.4. The second kappa shape index (κ2) is 7.20. The first-order valence-electron chi connectivity index (χ1n) is 6.32. The van der Waals surface area contributed by atoms with Gasteiger partial charge in [-0.25, -0.2) is 0 Å². The van der Waals surface area contributed by atoms with Crippen LogP contribution in [0.1, 0.15) is 16.8 Å². The predicted molar refractivity (Wildman–Crippen MR) is 76.4 cm³/mol. The van der Waals surface area contributed by atoms with Crippen LogP contribution in [0.15, 0.2) is 48.0 Å². The number of hydrogen-bond acceptors (Lipinski definition) is 5. The Hall–Kier alpha value is -2.47. The van der Waals surface area contributed by atoms with E-state index in [0.717, 1.165) is 18.5 Å². The van der Waals surface area contributed by atoms with Crippen LogP contribution < -0.4 is 11.1 Å². The van der Waals surface area contributed by atoms with Gasteiger partial charge in [-0.1, -0.05) is 11.2 Å². The summed E-state index contributed by atoms with van der Waals surface area (Å²) in [5, 5.41) is 15.0. The molecule has 0 unspecified atom stereocenters. The molecular formula is C14H17N5O. The number of pyridine rings is 2. The molecule has 0 radical (unpaired) electrons. The molecule has 2 rings (SSSR count). The van der Waals surface area contributed by atoms with Crippen LogP contribution in [0.4, 0.5) is 0 Å². The first-order chi connectivity index (χ1) is 9.81. The Morgan fingerprint density at radius 3 is 2.80 bits per heavy atom. The minimum Gasteiger partial charge on any atom is -0.409 e. The maximum absolute atomic E-state index is 8.73. The minimum atomic E-state index is 0.0246. The Kier molecular flexibility index (Phi) is 5.02. The van der Waals surface area contributed by atoms with Gasteiger partial charge in [0.1, 0.15) is 5.69 Å². The van der Waals surface area contributed by atoms with Crippen molar-refractivity contribution in [2.24, 2.45) is 10.9 Å². The van der Waals surface area contributed by atoms with Crippen molar-refractivity contribution >= 4 is 5.84 Å². The Balaban J connectivity index is 1.88. The Labute approximate surface area is 117 Å². The van der Waals surface area contributed by atoms with E-state index in [1.165, 1.54) is 5.56 Å². The lowest BCUT2D eigenvalue weighted by atomic mass is 10.1. The molecule has 0 aliphatic rings. The van der Waals surface area contributed by atoms with Crippen molar-refractivity contribution in [2.45, 2.75) is 13.0 Å². The number of rotatable bonds is 6. The SMILES string of the molecule is NC(=NO)c1ncccc1CNCCc1ccncc1. The smallest absolute Gasteiger partial charge is 0.189 e. The number of nitrogens with zero attached hydrogens (tertiary/aromatic N) is 3. The zero-order valence-corrected chi connectivity index (χ0v) is 11.0. The molecule has 4 N–H and O–H groups in total. The largest absolute Gasteiger partial charge is 0.409 e. The highest BCUT2D eigenvalue weighted by Gasteiger charge is 2.07. The molecule has 0 spiro atoms.